The molecule has 0 fully saturated rings. The molecule has 0 aliphatic rings. The van der Waals surface area contributed by atoms with Crippen LogP contribution in [-0.4, -0.2) is 13.7 Å². The van der Waals surface area contributed by atoms with E-state index >= 15 is 0 Å². The monoisotopic (exact) mass is 303 g/mol. The van der Waals surface area contributed by atoms with Gasteiger partial charge in [-0.3, -0.25) is 0 Å². The number of unbranched alkanes of at least 4 members (excludes halogenated alkanes) is 1. The van der Waals surface area contributed by atoms with Crippen molar-refractivity contribution in [2.45, 2.75) is 26.3 Å². The van der Waals surface area contributed by atoms with E-state index in [9.17, 15) is 0 Å². The van der Waals surface area contributed by atoms with Crippen molar-refractivity contribution in [1.29, 1.82) is 0 Å². The number of rotatable bonds is 7. The van der Waals surface area contributed by atoms with E-state index in [0.717, 1.165) is 23.9 Å². The van der Waals surface area contributed by atoms with Crippen LogP contribution in [0.4, 0.5) is 5.69 Å². The molecule has 0 spiro atoms. The molecule has 0 radical (unpaired) electrons. The maximum atomic E-state index is 5.95. The minimum absolute atomic E-state index is 0.781. The molecule has 112 valence electrons. The number of anilines is 1. The molecule has 2 nitrogen and oxygen atoms in total. The summed E-state index contributed by atoms with van der Waals surface area (Å²) in [5.74, 6) is 0.890. The summed E-state index contributed by atoms with van der Waals surface area (Å²) in [6.45, 7) is 4.16. The molecule has 0 heterocycles. The summed E-state index contributed by atoms with van der Waals surface area (Å²) in [6.07, 6.45) is 2.37. The highest BCUT2D eigenvalue weighted by atomic mass is 35.5. The maximum absolute atomic E-state index is 5.95. The van der Waals surface area contributed by atoms with Gasteiger partial charge in [0.2, 0.25) is 0 Å². The molecule has 2 rings (SSSR count). The summed E-state index contributed by atoms with van der Waals surface area (Å²) in [6, 6.07) is 16.3. The fraction of sp³-hybridized carbons (Fsp3) is 0.333. The Balaban J connectivity index is 2.14. The molecular formula is C18H22ClNO. The van der Waals surface area contributed by atoms with Gasteiger partial charge >= 0.3 is 0 Å². The SMILES string of the molecule is CCCCN(Cc1ccc(Cl)cc1)c1ccc(OC)cc1. The van der Waals surface area contributed by atoms with Gasteiger partial charge in [0.1, 0.15) is 5.75 Å². The first-order valence-corrected chi connectivity index (χ1v) is 7.74. The zero-order valence-electron chi connectivity index (χ0n) is 12.7. The first-order valence-electron chi connectivity index (χ1n) is 7.36. The fourth-order valence-electron chi connectivity index (χ4n) is 2.25. The van der Waals surface area contributed by atoms with Crippen LogP contribution in [0, 0.1) is 0 Å². The highest BCUT2D eigenvalue weighted by molar-refractivity contribution is 6.30. The van der Waals surface area contributed by atoms with Gasteiger partial charge in [0.25, 0.3) is 0 Å². The minimum atomic E-state index is 0.781. The van der Waals surface area contributed by atoms with E-state index in [1.54, 1.807) is 7.11 Å². The van der Waals surface area contributed by atoms with Gasteiger partial charge in [-0.05, 0) is 48.4 Å². The average molecular weight is 304 g/mol. The second kappa shape index (κ2) is 7.94. The number of benzene rings is 2. The fourth-order valence-corrected chi connectivity index (χ4v) is 2.38. The molecule has 0 unspecified atom stereocenters. The lowest BCUT2D eigenvalue weighted by atomic mass is 10.1. The van der Waals surface area contributed by atoms with E-state index in [1.165, 1.54) is 24.1 Å². The molecule has 21 heavy (non-hydrogen) atoms. The van der Waals surface area contributed by atoms with Crippen LogP contribution >= 0.6 is 11.6 Å². The summed E-state index contributed by atoms with van der Waals surface area (Å²) in [7, 11) is 1.69. The number of methoxy groups -OCH3 is 1. The molecule has 0 bridgehead atoms. The van der Waals surface area contributed by atoms with Crippen LogP contribution in [0.1, 0.15) is 25.3 Å². The summed E-state index contributed by atoms with van der Waals surface area (Å²) >= 11 is 5.95. The van der Waals surface area contributed by atoms with Gasteiger partial charge in [-0.1, -0.05) is 37.1 Å². The van der Waals surface area contributed by atoms with Crippen LogP contribution in [-0.2, 0) is 6.54 Å². The van der Waals surface area contributed by atoms with Crippen molar-refractivity contribution in [2.24, 2.45) is 0 Å². The van der Waals surface area contributed by atoms with Crippen molar-refractivity contribution >= 4 is 17.3 Å². The smallest absolute Gasteiger partial charge is 0.119 e. The Labute approximate surface area is 132 Å². The van der Waals surface area contributed by atoms with Gasteiger partial charge < -0.3 is 9.64 Å². The third-order valence-electron chi connectivity index (χ3n) is 3.51. The van der Waals surface area contributed by atoms with Gasteiger partial charge in [-0.15, -0.1) is 0 Å². The van der Waals surface area contributed by atoms with Crippen LogP contribution in [0.3, 0.4) is 0 Å². The Morgan fingerprint density at radius 3 is 2.24 bits per heavy atom. The summed E-state index contributed by atoms with van der Waals surface area (Å²) < 4.78 is 5.23. The highest BCUT2D eigenvalue weighted by Gasteiger charge is 2.07. The average Bonchev–Trinajstić information content (AvgIpc) is 2.53. The second-order valence-electron chi connectivity index (χ2n) is 5.10. The van der Waals surface area contributed by atoms with Crippen molar-refractivity contribution < 1.29 is 4.74 Å². The number of nitrogens with zero attached hydrogens (tertiary/aromatic N) is 1. The Bertz CT molecular complexity index is 536. The largest absolute Gasteiger partial charge is 0.497 e. The molecule has 2 aromatic rings. The predicted octanol–water partition coefficient (Wildman–Crippen LogP) is 5.16. The van der Waals surface area contributed by atoms with Crippen LogP contribution in [0.25, 0.3) is 0 Å². The topological polar surface area (TPSA) is 12.5 Å². The lowest BCUT2D eigenvalue weighted by Crippen LogP contribution is -2.23. The lowest BCUT2D eigenvalue weighted by Gasteiger charge is -2.25. The summed E-state index contributed by atoms with van der Waals surface area (Å²) in [4.78, 5) is 2.40. The van der Waals surface area contributed by atoms with E-state index in [-0.39, 0.29) is 0 Å². The van der Waals surface area contributed by atoms with Gasteiger partial charge in [0.15, 0.2) is 0 Å². The van der Waals surface area contributed by atoms with Crippen LogP contribution in [0.15, 0.2) is 48.5 Å². The standard InChI is InChI=1S/C18H22ClNO/c1-3-4-13-20(14-15-5-7-16(19)8-6-15)17-9-11-18(21-2)12-10-17/h5-12H,3-4,13-14H2,1-2H3. The normalized spacial score (nSPS) is 10.4. The Morgan fingerprint density at radius 1 is 1.00 bits per heavy atom. The van der Waals surface area contributed by atoms with Crippen molar-refractivity contribution in [3.05, 3.63) is 59.1 Å². The van der Waals surface area contributed by atoms with Crippen molar-refractivity contribution in [3.63, 3.8) is 0 Å². The van der Waals surface area contributed by atoms with Gasteiger partial charge in [0, 0.05) is 23.8 Å². The van der Waals surface area contributed by atoms with E-state index < -0.39 is 0 Å². The molecule has 0 amide bonds. The molecule has 3 heteroatoms. The molecule has 2 aromatic carbocycles. The molecule has 0 saturated heterocycles. The molecule has 0 N–H and O–H groups in total. The van der Waals surface area contributed by atoms with E-state index in [2.05, 4.69) is 36.1 Å². The Morgan fingerprint density at radius 2 is 1.67 bits per heavy atom. The first kappa shape index (κ1) is 15.7. The second-order valence-corrected chi connectivity index (χ2v) is 5.54. The van der Waals surface area contributed by atoms with Crippen molar-refractivity contribution in [2.75, 3.05) is 18.6 Å². The molecular weight excluding hydrogens is 282 g/mol. The van der Waals surface area contributed by atoms with Crippen molar-refractivity contribution in [3.8, 4) is 5.75 Å². The molecule has 0 aromatic heterocycles. The number of ether oxygens (including phenoxy) is 1. The third kappa shape index (κ3) is 4.68. The number of hydrogen-bond acceptors (Lipinski definition) is 2. The molecule has 0 aliphatic heterocycles. The molecule has 0 aliphatic carbocycles. The first-order chi connectivity index (χ1) is 10.2. The van der Waals surface area contributed by atoms with Crippen LogP contribution < -0.4 is 9.64 Å². The third-order valence-corrected chi connectivity index (χ3v) is 3.76. The van der Waals surface area contributed by atoms with Crippen LogP contribution in [0.5, 0.6) is 5.75 Å². The number of hydrogen-bond donors (Lipinski definition) is 0. The van der Waals surface area contributed by atoms with Gasteiger partial charge in [-0.25, -0.2) is 0 Å². The van der Waals surface area contributed by atoms with Crippen LogP contribution in [0.2, 0.25) is 5.02 Å². The number of halogens is 1. The summed E-state index contributed by atoms with van der Waals surface area (Å²) in [5, 5.41) is 0.781. The Kier molecular flexibility index (Phi) is 5.94. The highest BCUT2D eigenvalue weighted by Crippen LogP contribution is 2.22. The zero-order valence-corrected chi connectivity index (χ0v) is 13.4. The minimum Gasteiger partial charge on any atom is -0.497 e. The van der Waals surface area contributed by atoms with E-state index in [4.69, 9.17) is 16.3 Å². The predicted molar refractivity (Wildman–Crippen MR) is 90.4 cm³/mol. The zero-order chi connectivity index (χ0) is 15.1. The van der Waals surface area contributed by atoms with Gasteiger partial charge in [0.05, 0.1) is 7.11 Å². The molecule has 0 atom stereocenters. The quantitative estimate of drug-likeness (QED) is 0.701. The van der Waals surface area contributed by atoms with Crippen molar-refractivity contribution in [1.82, 2.24) is 0 Å². The Hall–Kier alpha value is -1.67. The summed E-state index contributed by atoms with van der Waals surface area (Å²) in [5.41, 5.74) is 2.49. The molecule has 0 saturated carbocycles. The van der Waals surface area contributed by atoms with E-state index in [0.29, 0.717) is 0 Å². The van der Waals surface area contributed by atoms with Gasteiger partial charge in [-0.2, -0.15) is 0 Å². The maximum Gasteiger partial charge on any atom is 0.119 e. The lowest BCUT2D eigenvalue weighted by molar-refractivity contribution is 0.415. The van der Waals surface area contributed by atoms with E-state index in [1.807, 2.05) is 24.3 Å².